The van der Waals surface area contributed by atoms with E-state index in [0.29, 0.717) is 18.4 Å². The van der Waals surface area contributed by atoms with Gasteiger partial charge in [0.1, 0.15) is 0 Å². The molecule has 5 nitrogen and oxygen atoms in total. The average molecular weight is 272 g/mol. The molecular weight excluding hydrogens is 252 g/mol. The van der Waals surface area contributed by atoms with Crippen LogP contribution in [0, 0.1) is 12.8 Å². The van der Waals surface area contributed by atoms with Crippen LogP contribution in [-0.2, 0) is 6.54 Å². The normalized spacial score (nSPS) is 23.4. The lowest BCUT2D eigenvalue weighted by Crippen LogP contribution is -2.28. The quantitative estimate of drug-likeness (QED) is 0.923. The van der Waals surface area contributed by atoms with E-state index >= 15 is 0 Å². The van der Waals surface area contributed by atoms with E-state index in [2.05, 4.69) is 28.9 Å². The van der Waals surface area contributed by atoms with E-state index in [0.717, 1.165) is 24.5 Å². The largest absolute Gasteiger partial charge is 0.334 e. The van der Waals surface area contributed by atoms with Gasteiger partial charge in [-0.3, -0.25) is 4.90 Å². The van der Waals surface area contributed by atoms with Crippen LogP contribution in [0.25, 0.3) is 11.5 Å². The summed E-state index contributed by atoms with van der Waals surface area (Å²) in [5, 5.41) is 4.06. The van der Waals surface area contributed by atoms with Crippen molar-refractivity contribution in [2.24, 2.45) is 11.7 Å². The number of aromatic nitrogens is 2. The summed E-state index contributed by atoms with van der Waals surface area (Å²) in [5.74, 6) is 1.83. The highest BCUT2D eigenvalue weighted by molar-refractivity contribution is 5.53. The van der Waals surface area contributed by atoms with Gasteiger partial charge in [-0.1, -0.05) is 29.8 Å². The molecule has 106 valence electrons. The third kappa shape index (κ3) is 2.73. The lowest BCUT2D eigenvalue weighted by molar-refractivity contribution is 0.302. The Morgan fingerprint density at radius 3 is 2.70 bits per heavy atom. The Morgan fingerprint density at radius 2 is 2.05 bits per heavy atom. The van der Waals surface area contributed by atoms with E-state index in [1.54, 1.807) is 0 Å². The number of benzene rings is 1. The van der Waals surface area contributed by atoms with E-state index < -0.39 is 0 Å². The zero-order valence-electron chi connectivity index (χ0n) is 11.9. The number of rotatable bonds is 3. The molecule has 2 atom stereocenters. The van der Waals surface area contributed by atoms with Gasteiger partial charge >= 0.3 is 0 Å². The van der Waals surface area contributed by atoms with Gasteiger partial charge in [0.25, 0.3) is 5.89 Å². The molecule has 0 bridgehead atoms. The summed E-state index contributed by atoms with van der Waals surface area (Å²) in [4.78, 5) is 6.74. The first-order chi connectivity index (χ1) is 9.61. The molecular formula is C15H20N4O. The molecule has 1 aliphatic heterocycles. The van der Waals surface area contributed by atoms with Crippen molar-refractivity contribution in [3.05, 3.63) is 35.7 Å². The Labute approximate surface area is 118 Å². The van der Waals surface area contributed by atoms with Crippen LogP contribution in [0.1, 0.15) is 18.3 Å². The van der Waals surface area contributed by atoms with E-state index in [1.165, 1.54) is 5.56 Å². The molecule has 1 aromatic heterocycles. The van der Waals surface area contributed by atoms with Gasteiger partial charge in [0.2, 0.25) is 0 Å². The molecule has 1 fully saturated rings. The number of likely N-dealkylation sites (tertiary alicyclic amines) is 1. The highest BCUT2D eigenvalue weighted by Gasteiger charge is 2.27. The Kier molecular flexibility index (Phi) is 3.54. The van der Waals surface area contributed by atoms with Crippen LogP contribution in [-0.4, -0.2) is 34.2 Å². The number of aryl methyl sites for hydroxylation is 1. The van der Waals surface area contributed by atoms with E-state index in [-0.39, 0.29) is 6.04 Å². The Hall–Kier alpha value is -1.72. The van der Waals surface area contributed by atoms with Crippen molar-refractivity contribution in [2.45, 2.75) is 26.4 Å². The van der Waals surface area contributed by atoms with Crippen molar-refractivity contribution in [3.8, 4) is 11.5 Å². The standard InChI is InChI=1S/C15H20N4O/c1-10-3-5-12(6-4-10)15-17-14(18-20-15)9-19-7-11(2)13(16)8-19/h3-6,11,13H,7-9,16H2,1-2H3. The fraction of sp³-hybridized carbons (Fsp3) is 0.467. The predicted octanol–water partition coefficient (Wildman–Crippen LogP) is 1.82. The van der Waals surface area contributed by atoms with Gasteiger partial charge in [-0.25, -0.2) is 0 Å². The Balaban J connectivity index is 1.69. The van der Waals surface area contributed by atoms with E-state index in [1.807, 2.05) is 24.3 Å². The fourth-order valence-electron chi connectivity index (χ4n) is 2.56. The summed E-state index contributed by atoms with van der Waals surface area (Å²) >= 11 is 0. The molecule has 0 radical (unpaired) electrons. The number of hydrogen-bond acceptors (Lipinski definition) is 5. The minimum absolute atomic E-state index is 0.249. The minimum Gasteiger partial charge on any atom is -0.334 e. The summed E-state index contributed by atoms with van der Waals surface area (Å²) in [5.41, 5.74) is 8.20. The van der Waals surface area contributed by atoms with Gasteiger partial charge in [-0.2, -0.15) is 4.98 Å². The zero-order valence-corrected chi connectivity index (χ0v) is 11.9. The van der Waals surface area contributed by atoms with Crippen LogP contribution < -0.4 is 5.73 Å². The number of nitrogens with two attached hydrogens (primary N) is 1. The van der Waals surface area contributed by atoms with Crippen molar-refractivity contribution in [3.63, 3.8) is 0 Å². The second-order valence-corrected chi connectivity index (χ2v) is 5.72. The molecule has 0 saturated carbocycles. The Morgan fingerprint density at radius 1 is 1.30 bits per heavy atom. The van der Waals surface area contributed by atoms with Crippen LogP contribution >= 0.6 is 0 Å². The molecule has 1 aliphatic rings. The maximum atomic E-state index is 6.03. The summed E-state index contributed by atoms with van der Waals surface area (Å²) in [6.45, 7) is 6.83. The van der Waals surface area contributed by atoms with Crippen molar-refractivity contribution in [1.29, 1.82) is 0 Å². The summed E-state index contributed by atoms with van der Waals surface area (Å²) < 4.78 is 5.34. The highest BCUT2D eigenvalue weighted by atomic mass is 16.5. The third-order valence-corrected chi connectivity index (χ3v) is 3.88. The molecule has 2 unspecified atom stereocenters. The van der Waals surface area contributed by atoms with Gasteiger partial charge < -0.3 is 10.3 Å². The van der Waals surface area contributed by atoms with Crippen LogP contribution in [0.5, 0.6) is 0 Å². The number of hydrogen-bond donors (Lipinski definition) is 1. The Bertz CT molecular complexity index is 568. The SMILES string of the molecule is Cc1ccc(-c2nc(CN3CC(C)C(N)C3)no2)cc1. The predicted molar refractivity (Wildman–Crippen MR) is 76.9 cm³/mol. The topological polar surface area (TPSA) is 68.2 Å². The molecule has 20 heavy (non-hydrogen) atoms. The maximum absolute atomic E-state index is 6.03. The maximum Gasteiger partial charge on any atom is 0.257 e. The molecule has 0 amide bonds. The first-order valence-electron chi connectivity index (χ1n) is 6.99. The molecule has 0 aliphatic carbocycles. The van der Waals surface area contributed by atoms with Gasteiger partial charge in [-0.15, -0.1) is 0 Å². The first-order valence-corrected chi connectivity index (χ1v) is 6.99. The van der Waals surface area contributed by atoms with Crippen LogP contribution in [0.15, 0.2) is 28.8 Å². The second kappa shape index (κ2) is 5.34. The molecule has 2 N–H and O–H groups in total. The molecule has 1 aromatic carbocycles. The van der Waals surface area contributed by atoms with E-state index in [4.69, 9.17) is 10.3 Å². The van der Waals surface area contributed by atoms with Crippen LogP contribution in [0.2, 0.25) is 0 Å². The van der Waals surface area contributed by atoms with Gasteiger partial charge in [-0.05, 0) is 25.0 Å². The molecule has 3 rings (SSSR count). The average Bonchev–Trinajstić information content (AvgIpc) is 2.99. The molecule has 2 heterocycles. The molecule has 0 spiro atoms. The summed E-state index contributed by atoms with van der Waals surface area (Å²) in [6.07, 6.45) is 0. The van der Waals surface area contributed by atoms with Crippen LogP contribution in [0.3, 0.4) is 0 Å². The zero-order chi connectivity index (χ0) is 14.1. The van der Waals surface area contributed by atoms with Crippen LogP contribution in [0.4, 0.5) is 0 Å². The molecule has 1 saturated heterocycles. The first kappa shape index (κ1) is 13.3. The van der Waals surface area contributed by atoms with Crippen molar-refractivity contribution in [1.82, 2.24) is 15.0 Å². The van der Waals surface area contributed by atoms with Crippen molar-refractivity contribution < 1.29 is 4.52 Å². The molecule has 2 aromatic rings. The minimum atomic E-state index is 0.249. The smallest absolute Gasteiger partial charge is 0.257 e. The lowest BCUT2D eigenvalue weighted by Gasteiger charge is -2.11. The van der Waals surface area contributed by atoms with Crippen molar-refractivity contribution >= 4 is 0 Å². The van der Waals surface area contributed by atoms with Crippen molar-refractivity contribution in [2.75, 3.05) is 13.1 Å². The summed E-state index contributed by atoms with van der Waals surface area (Å²) in [7, 11) is 0. The number of nitrogens with zero attached hydrogens (tertiary/aromatic N) is 3. The lowest BCUT2D eigenvalue weighted by atomic mass is 10.1. The second-order valence-electron chi connectivity index (χ2n) is 5.72. The fourth-order valence-corrected chi connectivity index (χ4v) is 2.56. The highest BCUT2D eigenvalue weighted by Crippen LogP contribution is 2.20. The summed E-state index contributed by atoms with van der Waals surface area (Å²) in [6, 6.07) is 8.33. The third-order valence-electron chi connectivity index (χ3n) is 3.88. The van der Waals surface area contributed by atoms with Gasteiger partial charge in [0.05, 0.1) is 6.54 Å². The van der Waals surface area contributed by atoms with E-state index in [9.17, 15) is 0 Å². The molecule has 5 heteroatoms. The van der Waals surface area contributed by atoms with Gasteiger partial charge in [0.15, 0.2) is 5.82 Å². The monoisotopic (exact) mass is 272 g/mol. The van der Waals surface area contributed by atoms with Gasteiger partial charge in [0, 0.05) is 24.7 Å².